The zero-order valence-electron chi connectivity index (χ0n) is 10.4. The fourth-order valence-electron chi connectivity index (χ4n) is 2.50. The number of hydrogen-bond acceptors (Lipinski definition) is 3. The van der Waals surface area contributed by atoms with E-state index in [4.69, 9.17) is 10.5 Å². The van der Waals surface area contributed by atoms with Gasteiger partial charge >= 0.3 is 0 Å². The summed E-state index contributed by atoms with van der Waals surface area (Å²) < 4.78 is 5.21. The molecule has 2 atom stereocenters. The van der Waals surface area contributed by atoms with Crippen LogP contribution in [0.15, 0.2) is 0 Å². The molecule has 15 heavy (non-hydrogen) atoms. The largest absolute Gasteiger partial charge is 0.384 e. The Morgan fingerprint density at radius 3 is 2.73 bits per heavy atom. The van der Waals surface area contributed by atoms with E-state index >= 15 is 0 Å². The van der Waals surface area contributed by atoms with Gasteiger partial charge in [-0.05, 0) is 31.2 Å². The summed E-state index contributed by atoms with van der Waals surface area (Å²) in [5.74, 6) is 1.45. The minimum absolute atomic E-state index is 0.576. The van der Waals surface area contributed by atoms with Crippen LogP contribution >= 0.6 is 0 Å². The van der Waals surface area contributed by atoms with Crippen molar-refractivity contribution in [1.82, 2.24) is 4.90 Å². The lowest BCUT2D eigenvalue weighted by Gasteiger charge is -2.28. The van der Waals surface area contributed by atoms with E-state index in [-0.39, 0.29) is 0 Å². The Morgan fingerprint density at radius 2 is 2.20 bits per heavy atom. The summed E-state index contributed by atoms with van der Waals surface area (Å²) in [6, 6.07) is 0.576. The molecule has 1 fully saturated rings. The standard InChI is InChI=1S/C12H26N2O/c1-10(2)6-12(7-13)14-5-4-11(8-14)9-15-3/h10-12H,4-9,13H2,1-3H3. The van der Waals surface area contributed by atoms with Crippen molar-refractivity contribution in [2.24, 2.45) is 17.6 Å². The normalized spacial score (nSPS) is 25.0. The second-order valence-electron chi connectivity index (χ2n) is 5.12. The first-order chi connectivity index (χ1) is 7.17. The van der Waals surface area contributed by atoms with Gasteiger partial charge in [0.25, 0.3) is 0 Å². The third-order valence-electron chi connectivity index (χ3n) is 3.25. The highest BCUT2D eigenvalue weighted by Crippen LogP contribution is 2.21. The number of nitrogens with two attached hydrogens (primary N) is 1. The maximum absolute atomic E-state index is 5.85. The van der Waals surface area contributed by atoms with Crippen LogP contribution in [-0.2, 0) is 4.74 Å². The van der Waals surface area contributed by atoms with Gasteiger partial charge < -0.3 is 10.5 Å². The number of likely N-dealkylation sites (tertiary alicyclic amines) is 1. The van der Waals surface area contributed by atoms with Crippen LogP contribution in [0.3, 0.4) is 0 Å². The Kier molecular flexibility index (Phi) is 5.58. The molecular formula is C12H26N2O. The molecule has 2 N–H and O–H groups in total. The molecule has 1 heterocycles. The molecule has 0 radical (unpaired) electrons. The molecule has 0 aromatic heterocycles. The van der Waals surface area contributed by atoms with Crippen molar-refractivity contribution >= 4 is 0 Å². The molecule has 0 bridgehead atoms. The molecule has 0 aromatic rings. The van der Waals surface area contributed by atoms with Gasteiger partial charge in [-0.2, -0.15) is 0 Å². The molecule has 1 aliphatic rings. The predicted molar refractivity (Wildman–Crippen MR) is 63.9 cm³/mol. The second-order valence-corrected chi connectivity index (χ2v) is 5.12. The average Bonchev–Trinajstić information content (AvgIpc) is 2.63. The molecule has 1 rings (SSSR count). The topological polar surface area (TPSA) is 38.5 Å². The zero-order valence-corrected chi connectivity index (χ0v) is 10.4. The van der Waals surface area contributed by atoms with Crippen molar-refractivity contribution < 1.29 is 4.74 Å². The van der Waals surface area contributed by atoms with Crippen molar-refractivity contribution in [3.8, 4) is 0 Å². The Labute approximate surface area is 94.0 Å². The molecule has 1 aliphatic heterocycles. The zero-order chi connectivity index (χ0) is 11.3. The fraction of sp³-hybridized carbons (Fsp3) is 1.00. The first-order valence-electron chi connectivity index (χ1n) is 6.10. The van der Waals surface area contributed by atoms with Crippen LogP contribution in [0.1, 0.15) is 26.7 Å². The lowest BCUT2D eigenvalue weighted by Crippen LogP contribution is -2.40. The van der Waals surface area contributed by atoms with Crippen LogP contribution < -0.4 is 5.73 Å². The quantitative estimate of drug-likeness (QED) is 0.725. The van der Waals surface area contributed by atoms with Gasteiger partial charge in [-0.25, -0.2) is 0 Å². The van der Waals surface area contributed by atoms with E-state index in [0.717, 1.165) is 25.0 Å². The lowest BCUT2D eigenvalue weighted by atomic mass is 10.0. The Balaban J connectivity index is 2.35. The minimum atomic E-state index is 0.576. The van der Waals surface area contributed by atoms with Crippen LogP contribution in [0, 0.1) is 11.8 Å². The van der Waals surface area contributed by atoms with Crippen molar-refractivity contribution in [2.75, 3.05) is 33.4 Å². The van der Waals surface area contributed by atoms with Gasteiger partial charge in [0, 0.05) is 26.2 Å². The van der Waals surface area contributed by atoms with Gasteiger partial charge in [-0.3, -0.25) is 4.90 Å². The molecule has 2 unspecified atom stereocenters. The smallest absolute Gasteiger partial charge is 0.0503 e. The van der Waals surface area contributed by atoms with Crippen LogP contribution in [-0.4, -0.2) is 44.3 Å². The third kappa shape index (κ3) is 4.09. The second kappa shape index (κ2) is 6.46. The van der Waals surface area contributed by atoms with E-state index < -0.39 is 0 Å². The average molecular weight is 214 g/mol. The summed E-state index contributed by atoms with van der Waals surface area (Å²) in [6.45, 7) is 8.59. The van der Waals surface area contributed by atoms with Crippen molar-refractivity contribution in [2.45, 2.75) is 32.7 Å². The first kappa shape index (κ1) is 12.9. The van der Waals surface area contributed by atoms with Crippen LogP contribution in [0.25, 0.3) is 0 Å². The Bertz CT molecular complexity index is 173. The molecule has 0 aliphatic carbocycles. The van der Waals surface area contributed by atoms with Gasteiger partial charge in [0.05, 0.1) is 6.61 Å². The molecule has 90 valence electrons. The summed E-state index contributed by atoms with van der Waals surface area (Å²) in [5, 5.41) is 0. The molecule has 3 nitrogen and oxygen atoms in total. The number of rotatable bonds is 6. The number of methoxy groups -OCH3 is 1. The van der Waals surface area contributed by atoms with E-state index in [1.54, 1.807) is 7.11 Å². The van der Waals surface area contributed by atoms with Crippen LogP contribution in [0.4, 0.5) is 0 Å². The van der Waals surface area contributed by atoms with E-state index in [1.165, 1.54) is 25.9 Å². The van der Waals surface area contributed by atoms with Gasteiger partial charge in [0.1, 0.15) is 0 Å². The molecule has 3 heteroatoms. The molecule has 1 saturated heterocycles. The van der Waals surface area contributed by atoms with Crippen molar-refractivity contribution in [1.29, 1.82) is 0 Å². The minimum Gasteiger partial charge on any atom is -0.384 e. The van der Waals surface area contributed by atoms with Gasteiger partial charge in [0.2, 0.25) is 0 Å². The monoisotopic (exact) mass is 214 g/mol. The third-order valence-corrected chi connectivity index (χ3v) is 3.25. The first-order valence-corrected chi connectivity index (χ1v) is 6.10. The van der Waals surface area contributed by atoms with Crippen molar-refractivity contribution in [3.63, 3.8) is 0 Å². The highest BCUT2D eigenvalue weighted by molar-refractivity contribution is 4.82. The van der Waals surface area contributed by atoms with E-state index in [9.17, 15) is 0 Å². The molecule has 0 aromatic carbocycles. The summed E-state index contributed by atoms with van der Waals surface area (Å²) in [4.78, 5) is 2.55. The van der Waals surface area contributed by atoms with Crippen LogP contribution in [0.5, 0.6) is 0 Å². The van der Waals surface area contributed by atoms with Gasteiger partial charge in [-0.1, -0.05) is 13.8 Å². The van der Waals surface area contributed by atoms with Crippen LogP contribution in [0.2, 0.25) is 0 Å². The molecule has 0 amide bonds. The summed E-state index contributed by atoms with van der Waals surface area (Å²) in [7, 11) is 1.79. The summed E-state index contributed by atoms with van der Waals surface area (Å²) >= 11 is 0. The van der Waals surface area contributed by atoms with E-state index in [2.05, 4.69) is 18.7 Å². The van der Waals surface area contributed by atoms with Gasteiger partial charge in [0.15, 0.2) is 0 Å². The Morgan fingerprint density at radius 1 is 1.47 bits per heavy atom. The van der Waals surface area contributed by atoms with E-state index in [0.29, 0.717) is 6.04 Å². The maximum atomic E-state index is 5.85. The predicted octanol–water partition coefficient (Wildman–Crippen LogP) is 1.33. The summed E-state index contributed by atoms with van der Waals surface area (Å²) in [5.41, 5.74) is 5.85. The highest BCUT2D eigenvalue weighted by Gasteiger charge is 2.27. The van der Waals surface area contributed by atoms with Gasteiger partial charge in [-0.15, -0.1) is 0 Å². The molecule has 0 spiro atoms. The van der Waals surface area contributed by atoms with E-state index in [1.807, 2.05) is 0 Å². The summed E-state index contributed by atoms with van der Waals surface area (Å²) in [6.07, 6.45) is 2.48. The maximum Gasteiger partial charge on any atom is 0.0503 e. The number of nitrogens with zero attached hydrogens (tertiary/aromatic N) is 1. The SMILES string of the molecule is COCC1CCN(C(CN)CC(C)C)C1. The number of hydrogen-bond donors (Lipinski definition) is 1. The van der Waals surface area contributed by atoms with Crippen molar-refractivity contribution in [3.05, 3.63) is 0 Å². The molecular weight excluding hydrogens is 188 g/mol. The fourth-order valence-corrected chi connectivity index (χ4v) is 2.50. The lowest BCUT2D eigenvalue weighted by molar-refractivity contribution is 0.144. The molecule has 0 saturated carbocycles. The highest BCUT2D eigenvalue weighted by atomic mass is 16.5. The Hall–Kier alpha value is -0.120. The number of ether oxygens (including phenoxy) is 1.